The monoisotopic (exact) mass is 524 g/mol. The fraction of sp³-hybridized carbons (Fsp3) is 0.720. The Morgan fingerprint density at radius 2 is 1.69 bits per heavy atom. The maximum atomic E-state index is 13.4. The molecule has 2 fully saturated rings. The van der Waals surface area contributed by atoms with E-state index in [1.165, 1.54) is 0 Å². The van der Waals surface area contributed by atoms with Crippen LogP contribution in [0.3, 0.4) is 0 Å². The van der Waals surface area contributed by atoms with E-state index in [9.17, 15) is 31.1 Å². The van der Waals surface area contributed by atoms with Crippen molar-refractivity contribution in [1.29, 1.82) is 0 Å². The van der Waals surface area contributed by atoms with Gasteiger partial charge in [0.2, 0.25) is 5.91 Å². The normalized spacial score (nSPS) is 23.0. The number of benzene rings is 1. The summed E-state index contributed by atoms with van der Waals surface area (Å²) in [5.41, 5.74) is -4.32. The lowest BCUT2D eigenvalue weighted by Gasteiger charge is -2.35. The van der Waals surface area contributed by atoms with Crippen LogP contribution >= 0.6 is 0 Å². The molecule has 2 unspecified atom stereocenters. The largest absolute Gasteiger partial charge is 0.416 e. The Kier molecular flexibility index (Phi) is 8.67. The highest BCUT2D eigenvalue weighted by molar-refractivity contribution is 5.83. The predicted molar refractivity (Wildman–Crippen MR) is 121 cm³/mol. The van der Waals surface area contributed by atoms with Crippen LogP contribution < -0.4 is 5.32 Å². The molecule has 204 valence electrons. The molecule has 1 aliphatic carbocycles. The molecule has 36 heavy (non-hydrogen) atoms. The first-order chi connectivity index (χ1) is 16.8. The molecule has 0 spiro atoms. The highest BCUT2D eigenvalue weighted by Crippen LogP contribution is 2.46. The molecule has 0 radical (unpaired) electrons. The molecule has 5 nitrogen and oxygen atoms in total. The summed E-state index contributed by atoms with van der Waals surface area (Å²) in [6, 6.07) is 1.40. The number of carbonyl (C=O) groups is 1. The number of nitrogens with zero attached hydrogens (tertiary/aromatic N) is 1. The SMILES string of the molecule is CCC(COC)(CN1CCC(CC2CC2)(C(=O)NCc2cc(C(F)(F)F)cc(C(F)(F)F)c2)C1)OC. The summed E-state index contributed by atoms with van der Waals surface area (Å²) in [4.78, 5) is 15.5. The highest BCUT2D eigenvalue weighted by Gasteiger charge is 2.49. The van der Waals surface area contributed by atoms with E-state index in [0.717, 1.165) is 12.8 Å². The lowest BCUT2D eigenvalue weighted by Crippen LogP contribution is -2.49. The third-order valence-corrected chi connectivity index (χ3v) is 7.39. The van der Waals surface area contributed by atoms with Crippen molar-refractivity contribution >= 4 is 5.91 Å². The van der Waals surface area contributed by atoms with Crippen LogP contribution in [0.4, 0.5) is 26.3 Å². The van der Waals surface area contributed by atoms with Gasteiger partial charge in [0.25, 0.3) is 0 Å². The predicted octanol–water partition coefficient (Wildman–Crippen LogP) is 5.27. The summed E-state index contributed by atoms with van der Waals surface area (Å²) in [7, 11) is 3.21. The number of ether oxygens (including phenoxy) is 2. The summed E-state index contributed by atoms with van der Waals surface area (Å²) < 4.78 is 90.3. The van der Waals surface area contributed by atoms with E-state index in [1.807, 2.05) is 6.92 Å². The molecule has 1 aliphatic heterocycles. The Morgan fingerprint density at radius 3 is 2.17 bits per heavy atom. The molecule has 1 heterocycles. The maximum absolute atomic E-state index is 13.4. The van der Waals surface area contributed by atoms with E-state index >= 15 is 0 Å². The molecule has 1 amide bonds. The summed E-state index contributed by atoms with van der Waals surface area (Å²) in [6.45, 7) is 3.59. The summed E-state index contributed by atoms with van der Waals surface area (Å²) in [5.74, 6) is 0.0625. The van der Waals surface area contributed by atoms with Crippen LogP contribution in [-0.4, -0.2) is 56.9 Å². The van der Waals surface area contributed by atoms with Gasteiger partial charge in [0.1, 0.15) is 5.60 Å². The molecule has 1 aromatic rings. The van der Waals surface area contributed by atoms with E-state index in [-0.39, 0.29) is 17.5 Å². The lowest BCUT2D eigenvalue weighted by molar-refractivity contribution is -0.143. The number of methoxy groups -OCH3 is 2. The van der Waals surface area contributed by atoms with Crippen LogP contribution in [-0.2, 0) is 33.2 Å². The average Bonchev–Trinajstić information content (AvgIpc) is 3.53. The molecule has 0 aromatic heterocycles. The molecule has 1 saturated carbocycles. The van der Waals surface area contributed by atoms with Crippen LogP contribution in [0.15, 0.2) is 18.2 Å². The van der Waals surface area contributed by atoms with Crippen molar-refractivity contribution in [1.82, 2.24) is 10.2 Å². The second kappa shape index (κ2) is 10.9. The lowest BCUT2D eigenvalue weighted by atomic mass is 9.80. The Labute approximate surface area is 207 Å². The van der Waals surface area contributed by atoms with Gasteiger partial charge in [0.05, 0.1) is 23.1 Å². The molecular weight excluding hydrogens is 490 g/mol. The van der Waals surface area contributed by atoms with Gasteiger partial charge in [-0.1, -0.05) is 19.8 Å². The average molecular weight is 525 g/mol. The van der Waals surface area contributed by atoms with Crippen molar-refractivity contribution in [2.45, 2.75) is 63.5 Å². The van der Waals surface area contributed by atoms with Crippen molar-refractivity contribution in [3.05, 3.63) is 34.9 Å². The second-order valence-corrected chi connectivity index (χ2v) is 10.2. The van der Waals surface area contributed by atoms with Crippen LogP contribution in [0.25, 0.3) is 0 Å². The Hall–Kier alpha value is -1.85. The topological polar surface area (TPSA) is 50.8 Å². The zero-order valence-corrected chi connectivity index (χ0v) is 20.8. The molecule has 1 aromatic carbocycles. The number of hydrogen-bond donors (Lipinski definition) is 1. The first-order valence-electron chi connectivity index (χ1n) is 12.1. The first kappa shape index (κ1) is 28.7. The van der Waals surface area contributed by atoms with Crippen molar-refractivity contribution in [3.63, 3.8) is 0 Å². The number of alkyl halides is 6. The van der Waals surface area contributed by atoms with Gasteiger partial charge in [0.15, 0.2) is 0 Å². The first-order valence-corrected chi connectivity index (χ1v) is 12.1. The van der Waals surface area contributed by atoms with Crippen molar-refractivity contribution in [2.24, 2.45) is 11.3 Å². The Bertz CT molecular complexity index is 880. The fourth-order valence-corrected chi connectivity index (χ4v) is 5.10. The van der Waals surface area contributed by atoms with Crippen molar-refractivity contribution in [2.75, 3.05) is 40.5 Å². The van der Waals surface area contributed by atoms with Crippen LogP contribution in [0.2, 0.25) is 0 Å². The number of nitrogens with one attached hydrogen (secondary N) is 1. The van der Waals surface area contributed by atoms with Gasteiger partial charge < -0.3 is 14.8 Å². The molecule has 1 saturated heterocycles. The minimum Gasteiger partial charge on any atom is -0.382 e. The van der Waals surface area contributed by atoms with E-state index < -0.39 is 41.0 Å². The zero-order chi connectivity index (χ0) is 26.8. The number of carbonyl (C=O) groups excluding carboxylic acids is 1. The molecule has 11 heteroatoms. The minimum atomic E-state index is -4.94. The number of amides is 1. The summed E-state index contributed by atoms with van der Waals surface area (Å²) in [6.07, 6.45) is -5.95. The molecule has 3 rings (SSSR count). The van der Waals surface area contributed by atoms with E-state index in [4.69, 9.17) is 9.47 Å². The van der Waals surface area contributed by atoms with Gasteiger partial charge >= 0.3 is 12.4 Å². The number of likely N-dealkylation sites (tertiary alicyclic amines) is 1. The van der Waals surface area contributed by atoms with Crippen LogP contribution in [0.1, 0.15) is 55.7 Å². The quantitative estimate of drug-likeness (QED) is 0.401. The van der Waals surface area contributed by atoms with Gasteiger partial charge in [-0.2, -0.15) is 26.3 Å². The van der Waals surface area contributed by atoms with Gasteiger partial charge in [-0.25, -0.2) is 0 Å². The number of halogens is 6. The van der Waals surface area contributed by atoms with Gasteiger partial charge in [-0.05, 0) is 55.5 Å². The maximum Gasteiger partial charge on any atom is 0.416 e. The van der Waals surface area contributed by atoms with E-state index in [2.05, 4.69) is 10.2 Å². The van der Waals surface area contributed by atoms with E-state index in [1.54, 1.807) is 14.2 Å². The smallest absolute Gasteiger partial charge is 0.382 e. The van der Waals surface area contributed by atoms with Crippen LogP contribution in [0.5, 0.6) is 0 Å². The third-order valence-electron chi connectivity index (χ3n) is 7.39. The van der Waals surface area contributed by atoms with Gasteiger partial charge in [-0.15, -0.1) is 0 Å². The number of rotatable bonds is 11. The van der Waals surface area contributed by atoms with Crippen molar-refractivity contribution < 1.29 is 40.6 Å². The second-order valence-electron chi connectivity index (χ2n) is 10.2. The summed E-state index contributed by atoms with van der Waals surface area (Å²) in [5, 5.41) is 2.65. The van der Waals surface area contributed by atoms with Crippen molar-refractivity contribution in [3.8, 4) is 0 Å². The zero-order valence-electron chi connectivity index (χ0n) is 20.8. The molecule has 1 N–H and O–H groups in total. The van der Waals surface area contributed by atoms with Crippen LogP contribution in [0, 0.1) is 11.3 Å². The molecular formula is C25H34F6N2O3. The Balaban J connectivity index is 1.76. The summed E-state index contributed by atoms with van der Waals surface area (Å²) >= 11 is 0. The molecule has 0 bridgehead atoms. The molecule has 2 atom stereocenters. The van der Waals surface area contributed by atoms with E-state index in [0.29, 0.717) is 63.6 Å². The minimum absolute atomic E-state index is 0.0879. The van der Waals surface area contributed by atoms with Gasteiger partial charge in [-0.3, -0.25) is 9.69 Å². The number of hydrogen-bond acceptors (Lipinski definition) is 4. The van der Waals surface area contributed by atoms with Gasteiger partial charge in [0, 0.05) is 33.9 Å². The standard InChI is InChI=1S/C25H34F6N2O3/c1-4-23(36-3,16-35-2)15-33-8-7-22(14-33,12-17-5-6-17)21(34)32-13-18-9-19(24(26,27)28)11-20(10-18)25(29,30)31/h9-11,17H,4-8,12-16H2,1-3H3,(H,32,34). The molecule has 2 aliphatic rings. The Morgan fingerprint density at radius 1 is 1.08 bits per heavy atom. The highest BCUT2D eigenvalue weighted by atomic mass is 19.4. The third kappa shape index (κ3) is 6.92. The fourth-order valence-electron chi connectivity index (χ4n) is 5.10.